The molecule has 3 aromatic rings. The molecule has 1 aliphatic heterocycles. The fraction of sp³-hybridized carbons (Fsp3) is 0.200. The highest BCUT2D eigenvalue weighted by Crippen LogP contribution is 2.39. The second kappa shape index (κ2) is 8.78. The molecular weight excluding hydrogens is 408 g/mol. The number of hydrogen-bond acceptors (Lipinski definition) is 5. The van der Waals surface area contributed by atoms with Crippen molar-refractivity contribution in [2.75, 3.05) is 16.8 Å². The van der Waals surface area contributed by atoms with Gasteiger partial charge in [0, 0.05) is 10.6 Å². The molecule has 2 heterocycles. The molecule has 158 valence electrons. The van der Waals surface area contributed by atoms with E-state index in [1.165, 1.54) is 16.2 Å². The molecule has 0 spiro atoms. The number of benzene rings is 2. The molecule has 6 heteroatoms. The number of carbonyl (C=O) groups is 2. The Bertz CT molecular complexity index is 1170. The number of imide groups is 1. The zero-order valence-corrected chi connectivity index (χ0v) is 18.6. The van der Waals surface area contributed by atoms with E-state index in [-0.39, 0.29) is 17.5 Å². The van der Waals surface area contributed by atoms with E-state index >= 15 is 0 Å². The van der Waals surface area contributed by atoms with E-state index in [4.69, 9.17) is 4.74 Å². The van der Waals surface area contributed by atoms with Gasteiger partial charge in [-0.1, -0.05) is 31.2 Å². The lowest BCUT2D eigenvalue weighted by Crippen LogP contribution is -2.32. The van der Waals surface area contributed by atoms with Crippen LogP contribution in [0.4, 0.5) is 11.4 Å². The molecule has 1 N–H and O–H groups in total. The van der Waals surface area contributed by atoms with Crippen LogP contribution in [0.5, 0.6) is 5.75 Å². The molecule has 4 rings (SSSR count). The number of ether oxygens (including phenoxy) is 1. The van der Waals surface area contributed by atoms with Crippen molar-refractivity contribution in [3.63, 3.8) is 0 Å². The van der Waals surface area contributed by atoms with E-state index in [9.17, 15) is 9.59 Å². The molecule has 0 radical (unpaired) electrons. The van der Waals surface area contributed by atoms with Crippen LogP contribution in [0.1, 0.15) is 29.3 Å². The summed E-state index contributed by atoms with van der Waals surface area (Å²) in [4.78, 5) is 29.0. The van der Waals surface area contributed by atoms with Gasteiger partial charge in [0.2, 0.25) is 0 Å². The van der Waals surface area contributed by atoms with Gasteiger partial charge < -0.3 is 10.1 Å². The number of hydrogen-bond donors (Lipinski definition) is 1. The van der Waals surface area contributed by atoms with Gasteiger partial charge in [-0.05, 0) is 67.1 Å². The summed E-state index contributed by atoms with van der Waals surface area (Å²) in [6.07, 6.45) is 0.828. The smallest absolute Gasteiger partial charge is 0.282 e. The van der Waals surface area contributed by atoms with Crippen LogP contribution in [0, 0.1) is 13.8 Å². The predicted molar refractivity (Wildman–Crippen MR) is 125 cm³/mol. The lowest BCUT2D eigenvalue weighted by atomic mass is 10.1. The molecule has 0 saturated heterocycles. The molecule has 1 aromatic heterocycles. The summed E-state index contributed by atoms with van der Waals surface area (Å²) in [5.41, 5.74) is 4.15. The SMILES string of the molecule is CCCOc1ccccc1N1C(=O)C(Nc2ccc(C)c(C)c2)=C(c2cccs2)C1=O. The first kappa shape index (κ1) is 20.9. The Balaban J connectivity index is 1.78. The molecule has 1 aliphatic rings. The van der Waals surface area contributed by atoms with Gasteiger partial charge >= 0.3 is 0 Å². The molecule has 2 amide bonds. The third-order valence-electron chi connectivity index (χ3n) is 5.20. The second-order valence-electron chi connectivity index (χ2n) is 7.41. The van der Waals surface area contributed by atoms with Gasteiger partial charge in [-0.15, -0.1) is 11.3 Å². The van der Waals surface area contributed by atoms with Gasteiger partial charge in [0.05, 0.1) is 17.9 Å². The van der Waals surface area contributed by atoms with Crippen LogP contribution in [0.2, 0.25) is 0 Å². The number of para-hydroxylation sites is 2. The number of nitrogens with zero attached hydrogens (tertiary/aromatic N) is 1. The Morgan fingerprint density at radius 3 is 2.48 bits per heavy atom. The minimum atomic E-state index is -0.390. The van der Waals surface area contributed by atoms with Crippen LogP contribution in [-0.4, -0.2) is 18.4 Å². The highest BCUT2D eigenvalue weighted by atomic mass is 32.1. The van der Waals surface area contributed by atoms with Gasteiger partial charge in [0.25, 0.3) is 11.8 Å². The maximum absolute atomic E-state index is 13.5. The summed E-state index contributed by atoms with van der Waals surface area (Å²) in [6.45, 7) is 6.57. The van der Waals surface area contributed by atoms with Crippen molar-refractivity contribution >= 4 is 40.1 Å². The largest absolute Gasteiger partial charge is 0.491 e. The lowest BCUT2D eigenvalue weighted by molar-refractivity contribution is -0.120. The summed E-state index contributed by atoms with van der Waals surface area (Å²) in [5, 5.41) is 5.12. The van der Waals surface area contributed by atoms with Crippen LogP contribution in [0.15, 0.2) is 65.7 Å². The lowest BCUT2D eigenvalue weighted by Gasteiger charge is -2.19. The van der Waals surface area contributed by atoms with E-state index in [0.29, 0.717) is 23.6 Å². The summed E-state index contributed by atoms with van der Waals surface area (Å²) in [5.74, 6) is -0.227. The van der Waals surface area contributed by atoms with Crippen LogP contribution >= 0.6 is 11.3 Å². The van der Waals surface area contributed by atoms with Gasteiger partial charge in [-0.3, -0.25) is 9.59 Å². The summed E-state index contributed by atoms with van der Waals surface area (Å²) in [7, 11) is 0. The first-order chi connectivity index (χ1) is 15.0. The molecule has 31 heavy (non-hydrogen) atoms. The quantitative estimate of drug-likeness (QED) is 0.497. The fourth-order valence-electron chi connectivity index (χ4n) is 3.45. The Hall–Kier alpha value is -3.38. The first-order valence-corrected chi connectivity index (χ1v) is 11.1. The van der Waals surface area contributed by atoms with Crippen molar-refractivity contribution in [1.29, 1.82) is 0 Å². The average Bonchev–Trinajstić information content (AvgIpc) is 3.36. The third-order valence-corrected chi connectivity index (χ3v) is 6.08. The number of anilines is 2. The van der Waals surface area contributed by atoms with Crippen molar-refractivity contribution < 1.29 is 14.3 Å². The van der Waals surface area contributed by atoms with Crippen LogP contribution in [0.3, 0.4) is 0 Å². The second-order valence-corrected chi connectivity index (χ2v) is 8.36. The number of nitrogens with one attached hydrogen (secondary N) is 1. The molecule has 0 fully saturated rings. The molecular formula is C25H24N2O3S. The first-order valence-electron chi connectivity index (χ1n) is 10.2. The van der Waals surface area contributed by atoms with Crippen LogP contribution in [0.25, 0.3) is 5.57 Å². The van der Waals surface area contributed by atoms with E-state index < -0.39 is 0 Å². The molecule has 0 bridgehead atoms. The number of thiophene rings is 1. The molecule has 0 saturated carbocycles. The van der Waals surface area contributed by atoms with Crippen molar-refractivity contribution in [3.05, 3.63) is 81.7 Å². The Kier molecular flexibility index (Phi) is 5.91. The zero-order chi connectivity index (χ0) is 22.0. The van der Waals surface area contributed by atoms with E-state index in [1.54, 1.807) is 18.2 Å². The Morgan fingerprint density at radius 2 is 1.77 bits per heavy atom. The van der Waals surface area contributed by atoms with E-state index in [2.05, 4.69) is 5.32 Å². The summed E-state index contributed by atoms with van der Waals surface area (Å²) >= 11 is 1.43. The molecule has 0 unspecified atom stereocenters. The summed E-state index contributed by atoms with van der Waals surface area (Å²) in [6, 6.07) is 16.8. The standard InChI is InChI=1S/C25H24N2O3S/c1-4-13-30-20-9-6-5-8-19(20)27-24(28)22(21-10-7-14-31-21)23(25(27)29)26-18-12-11-16(2)17(3)15-18/h5-12,14-15,26H,4,13H2,1-3H3. The highest BCUT2D eigenvalue weighted by Gasteiger charge is 2.41. The Morgan fingerprint density at radius 1 is 0.968 bits per heavy atom. The van der Waals surface area contributed by atoms with Gasteiger partial charge in [-0.25, -0.2) is 4.90 Å². The fourth-order valence-corrected chi connectivity index (χ4v) is 4.22. The topological polar surface area (TPSA) is 58.6 Å². The molecule has 2 aromatic carbocycles. The van der Waals surface area contributed by atoms with Crippen molar-refractivity contribution in [1.82, 2.24) is 0 Å². The molecule has 5 nitrogen and oxygen atoms in total. The average molecular weight is 433 g/mol. The molecule has 0 atom stereocenters. The monoisotopic (exact) mass is 432 g/mol. The highest BCUT2D eigenvalue weighted by molar-refractivity contribution is 7.11. The number of amides is 2. The maximum atomic E-state index is 13.5. The van der Waals surface area contributed by atoms with Gasteiger partial charge in [0.1, 0.15) is 11.4 Å². The van der Waals surface area contributed by atoms with Gasteiger partial charge in [-0.2, -0.15) is 0 Å². The van der Waals surface area contributed by atoms with E-state index in [1.807, 2.05) is 62.5 Å². The zero-order valence-electron chi connectivity index (χ0n) is 17.8. The predicted octanol–water partition coefficient (Wildman–Crippen LogP) is 5.55. The van der Waals surface area contributed by atoms with E-state index in [0.717, 1.165) is 28.1 Å². The van der Waals surface area contributed by atoms with Crippen LogP contribution < -0.4 is 15.0 Å². The summed E-state index contributed by atoms with van der Waals surface area (Å²) < 4.78 is 5.82. The van der Waals surface area contributed by atoms with Crippen molar-refractivity contribution in [3.8, 4) is 5.75 Å². The molecule has 0 aliphatic carbocycles. The van der Waals surface area contributed by atoms with Crippen LogP contribution in [-0.2, 0) is 9.59 Å². The van der Waals surface area contributed by atoms with Crippen molar-refractivity contribution in [2.24, 2.45) is 0 Å². The normalized spacial score (nSPS) is 13.8. The minimum absolute atomic E-state index is 0.279. The van der Waals surface area contributed by atoms with Gasteiger partial charge in [0.15, 0.2) is 0 Å². The number of aryl methyl sites for hydroxylation is 2. The minimum Gasteiger partial charge on any atom is -0.491 e. The van der Waals surface area contributed by atoms with Crippen molar-refractivity contribution in [2.45, 2.75) is 27.2 Å². The third kappa shape index (κ3) is 3.99. The maximum Gasteiger partial charge on any atom is 0.282 e. The Labute approximate surface area is 186 Å². The number of rotatable bonds is 7. The number of carbonyl (C=O) groups excluding carboxylic acids is 2.